The molecule has 1 aliphatic rings. The summed E-state index contributed by atoms with van der Waals surface area (Å²) in [5.41, 5.74) is 6.70. The maximum Gasteiger partial charge on any atom is -0.00153 e. The second-order valence-corrected chi connectivity index (χ2v) is 3.90. The number of hydrogen-bond acceptors (Lipinski definition) is 1. The smallest absolute Gasteiger partial charge is 0.00153 e. The van der Waals surface area contributed by atoms with Gasteiger partial charge in [0.15, 0.2) is 0 Å². The average Bonchev–Trinajstić information content (AvgIpc) is 2.35. The van der Waals surface area contributed by atoms with Gasteiger partial charge in [-0.1, -0.05) is 20.8 Å². The zero-order valence-electron chi connectivity index (χ0n) is 6.70. The normalized spacial score (nSPS) is 38.7. The van der Waals surface area contributed by atoms with Gasteiger partial charge in [-0.2, -0.15) is 0 Å². The Morgan fingerprint density at radius 2 is 1.89 bits per heavy atom. The predicted molar refractivity (Wildman–Crippen MR) is 40.2 cm³/mol. The fourth-order valence-corrected chi connectivity index (χ4v) is 1.90. The van der Waals surface area contributed by atoms with Crippen LogP contribution in [-0.4, -0.2) is 6.54 Å². The molecule has 54 valence electrons. The molecule has 1 aliphatic carbocycles. The monoisotopic (exact) mass is 127 g/mol. The highest BCUT2D eigenvalue weighted by atomic mass is 14.7. The third kappa shape index (κ3) is 0.787. The molecule has 0 amide bonds. The fraction of sp³-hybridized carbons (Fsp3) is 1.00. The highest BCUT2D eigenvalue weighted by molar-refractivity contribution is 5.08. The van der Waals surface area contributed by atoms with Gasteiger partial charge in [-0.3, -0.25) is 0 Å². The molecule has 0 aliphatic heterocycles. The Kier molecular flexibility index (Phi) is 1.35. The molecule has 2 N–H and O–H groups in total. The van der Waals surface area contributed by atoms with Crippen molar-refractivity contribution < 1.29 is 0 Å². The van der Waals surface area contributed by atoms with Gasteiger partial charge >= 0.3 is 0 Å². The van der Waals surface area contributed by atoms with Crippen LogP contribution in [0, 0.1) is 10.8 Å². The van der Waals surface area contributed by atoms with Gasteiger partial charge in [-0.05, 0) is 30.2 Å². The Labute approximate surface area is 57.6 Å². The minimum Gasteiger partial charge on any atom is -0.330 e. The second kappa shape index (κ2) is 1.72. The molecule has 0 bridgehead atoms. The van der Waals surface area contributed by atoms with E-state index in [1.54, 1.807) is 0 Å². The fourth-order valence-electron chi connectivity index (χ4n) is 1.90. The van der Waals surface area contributed by atoms with Gasteiger partial charge in [-0.25, -0.2) is 0 Å². The van der Waals surface area contributed by atoms with Crippen LogP contribution in [0.5, 0.6) is 0 Å². The molecule has 1 fully saturated rings. The Bertz CT molecular complexity index is 112. The minimum absolute atomic E-state index is 0.507. The zero-order chi connectivity index (χ0) is 7.12. The summed E-state index contributed by atoms with van der Waals surface area (Å²) < 4.78 is 0. The van der Waals surface area contributed by atoms with Crippen molar-refractivity contribution in [1.29, 1.82) is 0 Å². The molecule has 9 heavy (non-hydrogen) atoms. The maximum atomic E-state index is 5.65. The van der Waals surface area contributed by atoms with Crippen LogP contribution in [0.25, 0.3) is 0 Å². The van der Waals surface area contributed by atoms with E-state index >= 15 is 0 Å². The van der Waals surface area contributed by atoms with E-state index in [2.05, 4.69) is 20.8 Å². The first-order valence-electron chi connectivity index (χ1n) is 3.78. The van der Waals surface area contributed by atoms with E-state index in [0.717, 1.165) is 6.54 Å². The maximum absolute atomic E-state index is 5.65. The van der Waals surface area contributed by atoms with Crippen molar-refractivity contribution in [3.05, 3.63) is 0 Å². The summed E-state index contributed by atoms with van der Waals surface area (Å²) in [7, 11) is 0. The molecule has 1 heteroatoms. The van der Waals surface area contributed by atoms with Crippen molar-refractivity contribution in [3.8, 4) is 0 Å². The third-order valence-corrected chi connectivity index (χ3v) is 3.16. The highest BCUT2D eigenvalue weighted by Gasteiger charge is 2.58. The second-order valence-electron chi connectivity index (χ2n) is 3.90. The molecule has 1 nitrogen and oxygen atoms in total. The summed E-state index contributed by atoms with van der Waals surface area (Å²) in [6, 6.07) is 0. The summed E-state index contributed by atoms with van der Waals surface area (Å²) in [5.74, 6) is 0. The summed E-state index contributed by atoms with van der Waals surface area (Å²) in [5, 5.41) is 0. The van der Waals surface area contributed by atoms with Gasteiger partial charge in [0.2, 0.25) is 0 Å². The van der Waals surface area contributed by atoms with E-state index in [1.165, 1.54) is 12.8 Å². The first kappa shape index (κ1) is 7.07. The van der Waals surface area contributed by atoms with E-state index in [9.17, 15) is 0 Å². The molecule has 0 aromatic heterocycles. The summed E-state index contributed by atoms with van der Waals surface area (Å²) in [6.45, 7) is 7.73. The lowest BCUT2D eigenvalue weighted by molar-refractivity contribution is 0.380. The molecule has 0 spiro atoms. The Balaban J connectivity index is 2.57. The van der Waals surface area contributed by atoms with Crippen LogP contribution in [0.15, 0.2) is 0 Å². The topological polar surface area (TPSA) is 26.0 Å². The molecule has 1 rings (SSSR count). The van der Waals surface area contributed by atoms with E-state index in [4.69, 9.17) is 5.73 Å². The van der Waals surface area contributed by atoms with Crippen LogP contribution in [0.3, 0.4) is 0 Å². The molecule has 1 atom stereocenters. The van der Waals surface area contributed by atoms with Crippen LogP contribution in [0.2, 0.25) is 0 Å². The Morgan fingerprint density at radius 1 is 1.44 bits per heavy atom. The molecule has 1 saturated carbocycles. The SMILES string of the molecule is CCC1(CN)CC1(C)C. The highest BCUT2D eigenvalue weighted by Crippen LogP contribution is 2.64. The number of rotatable bonds is 2. The largest absolute Gasteiger partial charge is 0.330 e. The molecule has 0 aromatic rings. The van der Waals surface area contributed by atoms with E-state index in [0.29, 0.717) is 10.8 Å². The van der Waals surface area contributed by atoms with E-state index < -0.39 is 0 Å². The first-order valence-corrected chi connectivity index (χ1v) is 3.78. The molecular formula is C8H17N. The van der Waals surface area contributed by atoms with Gasteiger partial charge in [0.25, 0.3) is 0 Å². The van der Waals surface area contributed by atoms with Gasteiger partial charge in [0.1, 0.15) is 0 Å². The van der Waals surface area contributed by atoms with Gasteiger partial charge in [0, 0.05) is 0 Å². The third-order valence-electron chi connectivity index (χ3n) is 3.16. The first-order chi connectivity index (χ1) is 4.08. The van der Waals surface area contributed by atoms with Crippen LogP contribution in [0.4, 0.5) is 0 Å². The van der Waals surface area contributed by atoms with Crippen LogP contribution in [-0.2, 0) is 0 Å². The van der Waals surface area contributed by atoms with Crippen LogP contribution < -0.4 is 5.73 Å². The molecule has 0 aromatic carbocycles. The Morgan fingerprint density at radius 3 is 1.89 bits per heavy atom. The average molecular weight is 127 g/mol. The molecule has 0 heterocycles. The summed E-state index contributed by atoms with van der Waals surface area (Å²) in [6.07, 6.45) is 2.57. The van der Waals surface area contributed by atoms with E-state index in [1.807, 2.05) is 0 Å². The summed E-state index contributed by atoms with van der Waals surface area (Å²) in [4.78, 5) is 0. The number of hydrogen-bond donors (Lipinski definition) is 1. The molecular weight excluding hydrogens is 110 g/mol. The van der Waals surface area contributed by atoms with Crippen LogP contribution in [0.1, 0.15) is 33.6 Å². The van der Waals surface area contributed by atoms with Gasteiger partial charge in [-0.15, -0.1) is 0 Å². The van der Waals surface area contributed by atoms with Crippen molar-refractivity contribution in [2.75, 3.05) is 6.54 Å². The van der Waals surface area contributed by atoms with Crippen molar-refractivity contribution in [1.82, 2.24) is 0 Å². The van der Waals surface area contributed by atoms with Crippen molar-refractivity contribution in [2.24, 2.45) is 16.6 Å². The van der Waals surface area contributed by atoms with Gasteiger partial charge < -0.3 is 5.73 Å². The lowest BCUT2D eigenvalue weighted by Crippen LogP contribution is -2.19. The lowest BCUT2D eigenvalue weighted by Gasteiger charge is -2.14. The van der Waals surface area contributed by atoms with E-state index in [-0.39, 0.29) is 0 Å². The summed E-state index contributed by atoms with van der Waals surface area (Å²) >= 11 is 0. The van der Waals surface area contributed by atoms with Crippen molar-refractivity contribution in [3.63, 3.8) is 0 Å². The molecule has 0 saturated heterocycles. The van der Waals surface area contributed by atoms with Gasteiger partial charge in [0.05, 0.1) is 0 Å². The molecule has 1 unspecified atom stereocenters. The standard InChI is InChI=1S/C8H17N/c1-4-8(6-9)5-7(8,2)3/h4-6,9H2,1-3H3. The quantitative estimate of drug-likeness (QED) is 0.601. The van der Waals surface area contributed by atoms with Crippen molar-refractivity contribution in [2.45, 2.75) is 33.6 Å². The van der Waals surface area contributed by atoms with Crippen LogP contribution >= 0.6 is 0 Å². The molecule has 0 radical (unpaired) electrons. The van der Waals surface area contributed by atoms with Crippen molar-refractivity contribution >= 4 is 0 Å². The lowest BCUT2D eigenvalue weighted by atomic mass is 9.93. The predicted octanol–water partition coefficient (Wildman–Crippen LogP) is 1.77. The zero-order valence-corrected chi connectivity index (χ0v) is 6.70. The number of nitrogens with two attached hydrogens (primary N) is 1. The Hall–Kier alpha value is -0.0400. The minimum atomic E-state index is 0.507.